The number of benzene rings is 1. The predicted molar refractivity (Wildman–Crippen MR) is 116 cm³/mol. The second-order valence-electron chi connectivity index (χ2n) is 8.63. The Balaban J connectivity index is 1.46. The molecule has 2 heterocycles. The summed E-state index contributed by atoms with van der Waals surface area (Å²) < 4.78 is 11.0. The zero-order valence-electron chi connectivity index (χ0n) is 18.6. The highest BCUT2D eigenvalue weighted by Gasteiger charge is 2.28. The topological polar surface area (TPSA) is 127 Å². The van der Waals surface area contributed by atoms with Crippen LogP contribution in [0.1, 0.15) is 56.2 Å². The van der Waals surface area contributed by atoms with Crippen molar-refractivity contribution in [2.75, 3.05) is 18.4 Å². The zero-order chi connectivity index (χ0) is 23.1. The van der Waals surface area contributed by atoms with E-state index in [0.29, 0.717) is 49.4 Å². The number of esters is 1. The van der Waals surface area contributed by atoms with E-state index in [0.717, 1.165) is 0 Å². The number of aromatic nitrogens is 3. The number of ether oxygens (including phenoxy) is 2. The molecular formula is C22H29N5O5. The lowest BCUT2D eigenvalue weighted by atomic mass is 10.1. The van der Waals surface area contributed by atoms with Gasteiger partial charge in [0.15, 0.2) is 0 Å². The summed E-state index contributed by atoms with van der Waals surface area (Å²) >= 11 is 0. The van der Waals surface area contributed by atoms with Crippen LogP contribution < -0.4 is 5.32 Å². The van der Waals surface area contributed by atoms with Crippen LogP contribution in [0.4, 0.5) is 10.5 Å². The Kier molecular flexibility index (Phi) is 7.45. The number of rotatable bonds is 6. The molecule has 0 spiro atoms. The van der Waals surface area contributed by atoms with Gasteiger partial charge < -0.3 is 19.7 Å². The minimum Gasteiger partial charge on any atom is -0.459 e. The first-order valence-corrected chi connectivity index (χ1v) is 10.6. The van der Waals surface area contributed by atoms with E-state index < -0.39 is 11.6 Å². The van der Waals surface area contributed by atoms with Gasteiger partial charge in [-0.3, -0.25) is 9.89 Å². The average Bonchev–Trinajstić information content (AvgIpc) is 3.25. The lowest BCUT2D eigenvalue weighted by Crippen LogP contribution is -2.43. The Morgan fingerprint density at radius 3 is 2.62 bits per heavy atom. The van der Waals surface area contributed by atoms with Crippen LogP contribution in [-0.2, 0) is 20.7 Å². The van der Waals surface area contributed by atoms with Crippen LogP contribution in [0.5, 0.6) is 0 Å². The summed E-state index contributed by atoms with van der Waals surface area (Å²) in [5, 5.41) is 9.22. The summed E-state index contributed by atoms with van der Waals surface area (Å²) in [4.78, 5) is 42.5. The number of carbonyl (C=O) groups is 3. The smallest absolute Gasteiger partial charge is 0.410 e. The Morgan fingerprint density at radius 2 is 1.97 bits per heavy atom. The zero-order valence-corrected chi connectivity index (χ0v) is 18.6. The summed E-state index contributed by atoms with van der Waals surface area (Å²) in [6, 6.07) is 6.63. The summed E-state index contributed by atoms with van der Waals surface area (Å²) in [6.45, 7) is 6.41. The number of piperidine rings is 1. The molecule has 2 N–H and O–H groups in total. The van der Waals surface area contributed by atoms with Crippen molar-refractivity contribution in [3.8, 4) is 0 Å². The molecule has 1 aromatic heterocycles. The van der Waals surface area contributed by atoms with Crippen molar-refractivity contribution in [1.29, 1.82) is 0 Å². The molecule has 2 amide bonds. The number of hydrogen-bond acceptors (Lipinski definition) is 7. The SMILES string of the molecule is CC(C)(C)OC(=O)N1CCC(OC(=O)c2cccc(NC(=O)CCc3ncn[nH]3)c2)CC1. The third-order valence-corrected chi connectivity index (χ3v) is 4.80. The van der Waals surface area contributed by atoms with Gasteiger partial charge in [0.2, 0.25) is 5.91 Å². The summed E-state index contributed by atoms with van der Waals surface area (Å²) in [6.07, 6.45) is 2.53. The van der Waals surface area contributed by atoms with Gasteiger partial charge in [-0.1, -0.05) is 6.07 Å². The number of nitrogens with one attached hydrogen (secondary N) is 2. The molecule has 0 aliphatic carbocycles. The Hall–Kier alpha value is -3.43. The normalized spacial score (nSPS) is 14.7. The van der Waals surface area contributed by atoms with Gasteiger partial charge in [0.25, 0.3) is 0 Å². The van der Waals surface area contributed by atoms with Crippen LogP contribution in [0, 0.1) is 0 Å². The monoisotopic (exact) mass is 443 g/mol. The number of amides is 2. The number of nitrogens with zero attached hydrogens (tertiary/aromatic N) is 3. The fourth-order valence-electron chi connectivity index (χ4n) is 3.23. The van der Waals surface area contributed by atoms with Gasteiger partial charge in [0.05, 0.1) is 5.56 Å². The van der Waals surface area contributed by atoms with E-state index in [1.54, 1.807) is 29.2 Å². The highest BCUT2D eigenvalue weighted by atomic mass is 16.6. The lowest BCUT2D eigenvalue weighted by molar-refractivity contribution is -0.116. The Labute approximate surface area is 186 Å². The van der Waals surface area contributed by atoms with Gasteiger partial charge in [0.1, 0.15) is 23.9 Å². The van der Waals surface area contributed by atoms with E-state index in [1.165, 1.54) is 6.33 Å². The minimum atomic E-state index is -0.545. The number of anilines is 1. The van der Waals surface area contributed by atoms with Crippen molar-refractivity contribution in [3.05, 3.63) is 42.0 Å². The number of H-pyrrole nitrogens is 1. The number of aromatic amines is 1. The molecule has 0 unspecified atom stereocenters. The van der Waals surface area contributed by atoms with E-state index >= 15 is 0 Å². The standard InChI is InChI=1S/C22H29N5O5/c1-22(2,3)32-21(30)27-11-9-17(10-12-27)31-20(29)15-5-4-6-16(13-15)25-19(28)8-7-18-23-14-24-26-18/h4-6,13-14,17H,7-12H2,1-3H3,(H,25,28)(H,23,24,26). The molecule has 3 rings (SSSR count). The van der Waals surface area contributed by atoms with Crippen molar-refractivity contribution in [3.63, 3.8) is 0 Å². The largest absolute Gasteiger partial charge is 0.459 e. The van der Waals surface area contributed by atoms with E-state index in [4.69, 9.17) is 9.47 Å². The fourth-order valence-corrected chi connectivity index (χ4v) is 3.23. The number of hydrogen-bond donors (Lipinski definition) is 2. The third kappa shape index (κ3) is 7.07. The molecule has 10 heteroatoms. The van der Waals surface area contributed by atoms with E-state index in [-0.39, 0.29) is 24.5 Å². The Morgan fingerprint density at radius 1 is 1.22 bits per heavy atom. The Bertz CT molecular complexity index is 930. The first-order chi connectivity index (χ1) is 15.2. The quantitative estimate of drug-likeness (QED) is 0.657. The second-order valence-corrected chi connectivity index (χ2v) is 8.63. The summed E-state index contributed by atoms with van der Waals surface area (Å²) in [5.74, 6) is -0.0184. The van der Waals surface area contributed by atoms with Crippen LogP contribution >= 0.6 is 0 Å². The van der Waals surface area contributed by atoms with Crippen LogP contribution in [0.15, 0.2) is 30.6 Å². The second kappa shape index (κ2) is 10.3. The molecule has 2 aromatic rings. The molecule has 0 atom stereocenters. The first-order valence-electron chi connectivity index (χ1n) is 10.6. The molecule has 1 aliphatic rings. The maximum Gasteiger partial charge on any atom is 0.410 e. The molecule has 172 valence electrons. The van der Waals surface area contributed by atoms with Crippen molar-refractivity contribution in [1.82, 2.24) is 20.1 Å². The molecule has 1 fully saturated rings. The molecule has 10 nitrogen and oxygen atoms in total. The molecule has 1 aromatic carbocycles. The molecule has 0 radical (unpaired) electrons. The number of likely N-dealkylation sites (tertiary alicyclic amines) is 1. The van der Waals surface area contributed by atoms with Crippen LogP contribution in [0.2, 0.25) is 0 Å². The van der Waals surface area contributed by atoms with Crippen molar-refractivity contribution in [2.45, 2.75) is 58.2 Å². The van der Waals surface area contributed by atoms with E-state index in [9.17, 15) is 14.4 Å². The van der Waals surface area contributed by atoms with Crippen molar-refractivity contribution >= 4 is 23.7 Å². The number of aryl methyl sites for hydroxylation is 1. The first kappa shape index (κ1) is 23.2. The average molecular weight is 444 g/mol. The van der Waals surface area contributed by atoms with E-state index in [2.05, 4.69) is 20.5 Å². The lowest BCUT2D eigenvalue weighted by Gasteiger charge is -2.33. The third-order valence-electron chi connectivity index (χ3n) is 4.80. The molecule has 0 bridgehead atoms. The van der Waals surface area contributed by atoms with Gasteiger partial charge in [-0.2, -0.15) is 5.10 Å². The van der Waals surface area contributed by atoms with Crippen LogP contribution in [-0.4, -0.2) is 62.8 Å². The number of carbonyl (C=O) groups excluding carboxylic acids is 3. The maximum atomic E-state index is 12.6. The van der Waals surface area contributed by atoms with Gasteiger partial charge in [-0.25, -0.2) is 14.6 Å². The molecule has 1 aliphatic heterocycles. The van der Waals surface area contributed by atoms with Crippen molar-refractivity contribution < 1.29 is 23.9 Å². The highest BCUT2D eigenvalue weighted by Crippen LogP contribution is 2.20. The van der Waals surface area contributed by atoms with Gasteiger partial charge in [0, 0.05) is 44.5 Å². The molecule has 32 heavy (non-hydrogen) atoms. The van der Waals surface area contributed by atoms with Gasteiger partial charge >= 0.3 is 12.1 Å². The van der Waals surface area contributed by atoms with Gasteiger partial charge in [-0.15, -0.1) is 0 Å². The summed E-state index contributed by atoms with van der Waals surface area (Å²) in [5.41, 5.74) is 0.325. The fraction of sp³-hybridized carbons (Fsp3) is 0.500. The maximum absolute atomic E-state index is 12.6. The van der Waals surface area contributed by atoms with Crippen LogP contribution in [0.25, 0.3) is 0 Å². The molecule has 1 saturated heterocycles. The summed E-state index contributed by atoms with van der Waals surface area (Å²) in [7, 11) is 0. The van der Waals surface area contributed by atoms with E-state index in [1.807, 2.05) is 20.8 Å². The highest BCUT2D eigenvalue weighted by molar-refractivity contribution is 5.94. The van der Waals surface area contributed by atoms with Crippen LogP contribution in [0.3, 0.4) is 0 Å². The molecular weight excluding hydrogens is 414 g/mol. The molecule has 0 saturated carbocycles. The minimum absolute atomic E-state index is 0.193. The van der Waals surface area contributed by atoms with Crippen molar-refractivity contribution in [2.24, 2.45) is 0 Å². The van der Waals surface area contributed by atoms with Gasteiger partial charge in [-0.05, 0) is 39.0 Å². The predicted octanol–water partition coefficient (Wildman–Crippen LogP) is 2.93.